The molecule has 1 aromatic heterocycles. The number of aryl methyl sites for hydroxylation is 2. The van der Waals surface area contributed by atoms with Crippen LogP contribution in [-0.4, -0.2) is 21.6 Å². The van der Waals surface area contributed by atoms with Crippen molar-refractivity contribution in [2.75, 3.05) is 5.32 Å². The van der Waals surface area contributed by atoms with E-state index in [9.17, 15) is 9.59 Å². The minimum Gasteiger partial charge on any atom is -0.341 e. The van der Waals surface area contributed by atoms with Gasteiger partial charge in [-0.25, -0.2) is 0 Å². The fourth-order valence-electron chi connectivity index (χ4n) is 3.21. The minimum atomic E-state index is -0.632. The number of nitrogens with zero attached hydrogens (tertiary/aromatic N) is 2. The number of hydrogen-bond acceptors (Lipinski definition) is 3. The molecule has 2 amide bonds. The van der Waals surface area contributed by atoms with E-state index in [0.29, 0.717) is 5.69 Å². The second kappa shape index (κ2) is 6.86. The summed E-state index contributed by atoms with van der Waals surface area (Å²) in [6.07, 6.45) is 5.32. The molecule has 1 unspecified atom stereocenters. The van der Waals surface area contributed by atoms with Crippen molar-refractivity contribution in [1.29, 1.82) is 0 Å². The molecule has 1 atom stereocenters. The average Bonchev–Trinajstić information content (AvgIpc) is 2.97. The van der Waals surface area contributed by atoms with E-state index in [-0.39, 0.29) is 6.04 Å². The van der Waals surface area contributed by atoms with Crippen molar-refractivity contribution in [3.63, 3.8) is 0 Å². The first-order valence-electron chi connectivity index (χ1n) is 8.30. The van der Waals surface area contributed by atoms with Crippen molar-refractivity contribution in [3.8, 4) is 0 Å². The molecule has 3 rings (SSSR count). The van der Waals surface area contributed by atoms with Gasteiger partial charge in [-0.1, -0.05) is 25.1 Å². The Morgan fingerprint density at radius 1 is 1.29 bits per heavy atom. The van der Waals surface area contributed by atoms with Crippen LogP contribution in [0.1, 0.15) is 42.6 Å². The fourth-order valence-corrected chi connectivity index (χ4v) is 3.21. The van der Waals surface area contributed by atoms with Gasteiger partial charge in [-0.3, -0.25) is 14.3 Å². The summed E-state index contributed by atoms with van der Waals surface area (Å²) in [6, 6.07) is 7.36. The van der Waals surface area contributed by atoms with E-state index in [2.05, 4.69) is 15.7 Å². The molecule has 6 nitrogen and oxygen atoms in total. The van der Waals surface area contributed by atoms with Crippen LogP contribution in [0.3, 0.4) is 0 Å². The number of para-hydroxylation sites is 1. The highest BCUT2D eigenvalue weighted by Crippen LogP contribution is 2.29. The minimum absolute atomic E-state index is 0.151. The Morgan fingerprint density at radius 2 is 2.08 bits per heavy atom. The van der Waals surface area contributed by atoms with E-state index < -0.39 is 11.8 Å². The number of carbonyl (C=O) groups excluding carboxylic acids is 2. The molecule has 1 heterocycles. The maximum absolute atomic E-state index is 12.3. The highest BCUT2D eigenvalue weighted by atomic mass is 16.2. The summed E-state index contributed by atoms with van der Waals surface area (Å²) in [5, 5.41) is 9.81. The fraction of sp³-hybridized carbons (Fsp3) is 0.389. The Morgan fingerprint density at radius 3 is 2.88 bits per heavy atom. The zero-order valence-corrected chi connectivity index (χ0v) is 14.0. The maximum atomic E-state index is 12.3. The molecular weight excluding hydrogens is 304 g/mol. The van der Waals surface area contributed by atoms with Gasteiger partial charge in [0.2, 0.25) is 0 Å². The van der Waals surface area contributed by atoms with Crippen molar-refractivity contribution in [1.82, 2.24) is 15.1 Å². The first kappa shape index (κ1) is 16.2. The van der Waals surface area contributed by atoms with Crippen molar-refractivity contribution in [2.45, 2.75) is 38.6 Å². The number of benzene rings is 1. The van der Waals surface area contributed by atoms with E-state index in [1.54, 1.807) is 6.20 Å². The largest absolute Gasteiger partial charge is 0.341 e. The van der Waals surface area contributed by atoms with Crippen LogP contribution in [0.5, 0.6) is 0 Å². The van der Waals surface area contributed by atoms with Crippen LogP contribution in [0, 0.1) is 0 Å². The quantitative estimate of drug-likeness (QED) is 0.848. The van der Waals surface area contributed by atoms with Gasteiger partial charge in [-0.2, -0.15) is 5.10 Å². The Labute approximate surface area is 141 Å². The first-order chi connectivity index (χ1) is 11.6. The molecular formula is C18H22N4O2. The second-order valence-electron chi connectivity index (χ2n) is 6.05. The van der Waals surface area contributed by atoms with Crippen LogP contribution >= 0.6 is 0 Å². The SMILES string of the molecule is CCc1ccccc1NC(=O)C(=O)NC1CCCc2c1cnn2C. The summed E-state index contributed by atoms with van der Waals surface area (Å²) in [5.41, 5.74) is 3.83. The third kappa shape index (κ3) is 3.18. The highest BCUT2D eigenvalue weighted by molar-refractivity contribution is 6.39. The lowest BCUT2D eigenvalue weighted by Crippen LogP contribution is -2.39. The van der Waals surface area contributed by atoms with Crippen LogP contribution in [-0.2, 0) is 29.5 Å². The number of amides is 2. The highest BCUT2D eigenvalue weighted by Gasteiger charge is 2.27. The number of nitrogens with one attached hydrogen (secondary N) is 2. The first-order valence-corrected chi connectivity index (χ1v) is 8.30. The van der Waals surface area contributed by atoms with Gasteiger partial charge in [0.25, 0.3) is 0 Å². The van der Waals surface area contributed by atoms with E-state index in [1.807, 2.05) is 42.9 Å². The molecule has 0 saturated heterocycles. The van der Waals surface area contributed by atoms with E-state index in [1.165, 1.54) is 0 Å². The Hall–Kier alpha value is -2.63. The molecule has 0 spiro atoms. The van der Waals surface area contributed by atoms with Gasteiger partial charge in [0.15, 0.2) is 0 Å². The van der Waals surface area contributed by atoms with Crippen LogP contribution < -0.4 is 10.6 Å². The number of rotatable bonds is 3. The van der Waals surface area contributed by atoms with Crippen LogP contribution in [0.4, 0.5) is 5.69 Å². The zero-order chi connectivity index (χ0) is 17.1. The maximum Gasteiger partial charge on any atom is 0.313 e. The zero-order valence-electron chi connectivity index (χ0n) is 14.0. The van der Waals surface area contributed by atoms with Gasteiger partial charge in [0.1, 0.15) is 0 Å². The lowest BCUT2D eigenvalue weighted by molar-refractivity contribution is -0.136. The Balaban J connectivity index is 1.68. The third-order valence-electron chi connectivity index (χ3n) is 4.53. The molecule has 2 aromatic rings. The summed E-state index contributed by atoms with van der Waals surface area (Å²) in [4.78, 5) is 24.5. The summed E-state index contributed by atoms with van der Waals surface area (Å²) < 4.78 is 1.84. The monoisotopic (exact) mass is 326 g/mol. The number of anilines is 1. The van der Waals surface area contributed by atoms with Gasteiger partial charge in [0.05, 0.1) is 12.2 Å². The molecule has 126 valence electrons. The van der Waals surface area contributed by atoms with E-state index >= 15 is 0 Å². The van der Waals surface area contributed by atoms with Crippen LogP contribution in [0.2, 0.25) is 0 Å². The smallest absolute Gasteiger partial charge is 0.313 e. The second-order valence-corrected chi connectivity index (χ2v) is 6.05. The van der Waals surface area contributed by atoms with Crippen LogP contribution in [0.25, 0.3) is 0 Å². The van der Waals surface area contributed by atoms with Crippen molar-refractivity contribution in [3.05, 3.63) is 47.3 Å². The van der Waals surface area contributed by atoms with Crippen molar-refractivity contribution < 1.29 is 9.59 Å². The molecule has 0 fully saturated rings. The lowest BCUT2D eigenvalue weighted by Gasteiger charge is -2.23. The molecule has 0 bridgehead atoms. The molecule has 0 aliphatic heterocycles. The summed E-state index contributed by atoms with van der Waals surface area (Å²) in [7, 11) is 1.90. The lowest BCUT2D eigenvalue weighted by atomic mass is 9.93. The Kier molecular flexibility index (Phi) is 4.64. The van der Waals surface area contributed by atoms with Crippen molar-refractivity contribution in [2.24, 2.45) is 7.05 Å². The number of fused-ring (bicyclic) bond motifs is 1. The molecule has 24 heavy (non-hydrogen) atoms. The predicted molar refractivity (Wildman–Crippen MR) is 91.5 cm³/mol. The molecule has 1 aliphatic carbocycles. The van der Waals surface area contributed by atoms with Gasteiger partial charge in [-0.05, 0) is 37.3 Å². The molecule has 1 aromatic carbocycles. The topological polar surface area (TPSA) is 76.0 Å². The molecule has 6 heteroatoms. The number of carbonyl (C=O) groups is 2. The molecule has 0 radical (unpaired) electrons. The summed E-state index contributed by atoms with van der Waals surface area (Å²) in [6.45, 7) is 2.01. The number of hydrogen-bond donors (Lipinski definition) is 2. The van der Waals surface area contributed by atoms with E-state index in [0.717, 1.165) is 42.5 Å². The van der Waals surface area contributed by atoms with Gasteiger partial charge < -0.3 is 10.6 Å². The van der Waals surface area contributed by atoms with Gasteiger partial charge in [0, 0.05) is 24.0 Å². The normalized spacial score (nSPS) is 16.3. The summed E-state index contributed by atoms with van der Waals surface area (Å²) in [5.74, 6) is -1.24. The predicted octanol–water partition coefficient (Wildman–Crippen LogP) is 2.11. The Bertz CT molecular complexity index is 766. The molecule has 2 N–H and O–H groups in total. The standard InChI is InChI=1S/C18H22N4O2/c1-3-12-7-4-5-8-14(12)20-17(23)18(24)21-15-9-6-10-16-13(15)11-19-22(16)2/h4-5,7-8,11,15H,3,6,9-10H2,1-2H3,(H,20,23)(H,21,24). The van der Waals surface area contributed by atoms with E-state index in [4.69, 9.17) is 0 Å². The number of aromatic nitrogens is 2. The van der Waals surface area contributed by atoms with Gasteiger partial charge in [-0.15, -0.1) is 0 Å². The average molecular weight is 326 g/mol. The molecule has 1 aliphatic rings. The van der Waals surface area contributed by atoms with Crippen LogP contribution in [0.15, 0.2) is 30.5 Å². The molecule has 0 saturated carbocycles. The third-order valence-corrected chi connectivity index (χ3v) is 4.53. The summed E-state index contributed by atoms with van der Waals surface area (Å²) >= 11 is 0. The van der Waals surface area contributed by atoms with Crippen molar-refractivity contribution >= 4 is 17.5 Å². The van der Waals surface area contributed by atoms with Gasteiger partial charge >= 0.3 is 11.8 Å².